The first-order chi connectivity index (χ1) is 8.16. The second kappa shape index (κ2) is 5.60. The van der Waals surface area contributed by atoms with Crippen molar-refractivity contribution in [2.75, 3.05) is 39.4 Å². The van der Waals surface area contributed by atoms with Gasteiger partial charge in [0.05, 0.1) is 19.6 Å². The maximum Gasteiger partial charge on any atom is 0.230 e. The zero-order valence-electron chi connectivity index (χ0n) is 10.4. The van der Waals surface area contributed by atoms with Gasteiger partial charge in [0.15, 0.2) is 0 Å². The van der Waals surface area contributed by atoms with Crippen LogP contribution in [0.3, 0.4) is 0 Å². The third-order valence-corrected chi connectivity index (χ3v) is 3.48. The van der Waals surface area contributed by atoms with E-state index in [2.05, 4.69) is 4.90 Å². The predicted molar refractivity (Wildman–Crippen MR) is 62.7 cm³/mol. The van der Waals surface area contributed by atoms with Crippen molar-refractivity contribution >= 4 is 11.7 Å². The minimum atomic E-state index is -0.0511. The summed E-state index contributed by atoms with van der Waals surface area (Å²) in [5, 5.41) is 0. The average Bonchev–Trinajstić information content (AvgIpc) is 2.78. The lowest BCUT2D eigenvalue weighted by Crippen LogP contribution is -2.45. The van der Waals surface area contributed by atoms with Gasteiger partial charge in [-0.2, -0.15) is 0 Å². The Bertz CT molecular complexity index is 300. The lowest BCUT2D eigenvalue weighted by atomic mass is 10.2. The first-order valence-electron chi connectivity index (χ1n) is 6.26. The predicted octanol–water partition coefficient (Wildman–Crippen LogP) is -0.101. The van der Waals surface area contributed by atoms with Crippen molar-refractivity contribution in [2.24, 2.45) is 0 Å². The summed E-state index contributed by atoms with van der Waals surface area (Å²) in [4.78, 5) is 26.9. The third-order valence-electron chi connectivity index (χ3n) is 3.48. The normalized spacial score (nSPS) is 26.2. The average molecular weight is 240 g/mol. The number of ether oxygens (including phenoxy) is 1. The number of carbonyl (C=O) groups is 2. The van der Waals surface area contributed by atoms with Gasteiger partial charge in [0, 0.05) is 32.2 Å². The maximum absolute atomic E-state index is 11.7. The lowest BCUT2D eigenvalue weighted by Gasteiger charge is -2.32. The minimum absolute atomic E-state index is 0.0201. The molecule has 2 rings (SSSR count). The summed E-state index contributed by atoms with van der Waals surface area (Å²) in [5.74, 6) is -0.0712. The van der Waals surface area contributed by atoms with Gasteiger partial charge in [0.25, 0.3) is 0 Å². The fourth-order valence-corrected chi connectivity index (χ4v) is 2.53. The number of carbonyl (C=O) groups excluding carboxylic acids is 2. The van der Waals surface area contributed by atoms with Crippen molar-refractivity contribution in [3.05, 3.63) is 0 Å². The standard InChI is InChI=1S/C12H20N2O3/c1-10(15)8-12(16)14-3-2-11(9-14)13-4-6-17-7-5-13/h11H,2-9H2,1H3. The molecule has 2 aliphatic rings. The third kappa shape index (κ3) is 3.26. The van der Waals surface area contributed by atoms with Gasteiger partial charge < -0.3 is 9.64 Å². The first-order valence-corrected chi connectivity index (χ1v) is 6.26. The van der Waals surface area contributed by atoms with E-state index < -0.39 is 0 Å². The van der Waals surface area contributed by atoms with Crippen molar-refractivity contribution in [1.82, 2.24) is 9.80 Å². The van der Waals surface area contributed by atoms with Crippen LogP contribution in [0, 0.1) is 0 Å². The summed E-state index contributed by atoms with van der Waals surface area (Å²) in [6.07, 6.45) is 1.07. The van der Waals surface area contributed by atoms with Crippen LogP contribution in [-0.2, 0) is 14.3 Å². The molecule has 1 atom stereocenters. The molecule has 2 heterocycles. The van der Waals surface area contributed by atoms with Crippen molar-refractivity contribution in [3.8, 4) is 0 Å². The molecule has 0 radical (unpaired) electrons. The molecule has 17 heavy (non-hydrogen) atoms. The summed E-state index contributed by atoms with van der Waals surface area (Å²) in [7, 11) is 0. The van der Waals surface area contributed by atoms with Crippen LogP contribution in [-0.4, -0.2) is 66.9 Å². The molecule has 0 aromatic heterocycles. The molecule has 2 saturated heterocycles. The Labute approximate surface area is 102 Å². The zero-order valence-corrected chi connectivity index (χ0v) is 10.4. The van der Waals surface area contributed by atoms with Crippen LogP contribution in [0.5, 0.6) is 0 Å². The highest BCUT2D eigenvalue weighted by Crippen LogP contribution is 2.17. The first kappa shape index (κ1) is 12.5. The molecule has 0 saturated carbocycles. The van der Waals surface area contributed by atoms with E-state index in [1.807, 2.05) is 4.90 Å². The number of amides is 1. The van der Waals surface area contributed by atoms with Crippen molar-refractivity contribution in [3.63, 3.8) is 0 Å². The van der Waals surface area contributed by atoms with Crippen molar-refractivity contribution in [1.29, 1.82) is 0 Å². The number of rotatable bonds is 3. The van der Waals surface area contributed by atoms with E-state index in [1.54, 1.807) is 0 Å². The highest BCUT2D eigenvalue weighted by atomic mass is 16.5. The largest absolute Gasteiger partial charge is 0.379 e. The molecular formula is C12H20N2O3. The Hall–Kier alpha value is -0.940. The molecule has 0 aliphatic carbocycles. The van der Waals surface area contributed by atoms with Crippen LogP contribution in [0.25, 0.3) is 0 Å². The van der Waals surface area contributed by atoms with E-state index in [0.717, 1.165) is 45.8 Å². The number of hydrogen-bond acceptors (Lipinski definition) is 4. The molecule has 5 nitrogen and oxygen atoms in total. The fourth-order valence-electron chi connectivity index (χ4n) is 2.53. The van der Waals surface area contributed by atoms with Gasteiger partial charge >= 0.3 is 0 Å². The van der Waals surface area contributed by atoms with Crippen LogP contribution in [0.1, 0.15) is 19.8 Å². The Balaban J connectivity index is 1.82. The Kier molecular flexibility index (Phi) is 4.12. The molecule has 2 aliphatic heterocycles. The smallest absolute Gasteiger partial charge is 0.230 e. The second-order valence-corrected chi connectivity index (χ2v) is 4.81. The van der Waals surface area contributed by atoms with E-state index in [1.165, 1.54) is 6.92 Å². The SMILES string of the molecule is CC(=O)CC(=O)N1CCC(N2CCOCC2)C1. The molecular weight excluding hydrogens is 220 g/mol. The zero-order chi connectivity index (χ0) is 12.3. The summed E-state index contributed by atoms with van der Waals surface area (Å²) in [6.45, 7) is 6.52. The van der Waals surface area contributed by atoms with E-state index >= 15 is 0 Å². The molecule has 0 N–H and O–H groups in total. The molecule has 2 fully saturated rings. The summed E-state index contributed by atoms with van der Waals surface area (Å²) >= 11 is 0. The maximum atomic E-state index is 11.7. The summed E-state index contributed by atoms with van der Waals surface area (Å²) < 4.78 is 5.32. The van der Waals surface area contributed by atoms with Gasteiger partial charge in [-0.15, -0.1) is 0 Å². The van der Waals surface area contributed by atoms with Gasteiger partial charge in [-0.3, -0.25) is 14.5 Å². The van der Waals surface area contributed by atoms with Gasteiger partial charge in [-0.25, -0.2) is 0 Å². The molecule has 96 valence electrons. The van der Waals surface area contributed by atoms with Gasteiger partial charge in [-0.1, -0.05) is 0 Å². The molecule has 0 spiro atoms. The molecule has 0 aromatic carbocycles. The summed E-state index contributed by atoms with van der Waals surface area (Å²) in [6, 6.07) is 0.454. The van der Waals surface area contributed by atoms with Gasteiger partial charge in [0.1, 0.15) is 5.78 Å². The Morgan fingerprint density at radius 3 is 2.59 bits per heavy atom. The van der Waals surface area contributed by atoms with Crippen LogP contribution in [0.15, 0.2) is 0 Å². The van der Waals surface area contributed by atoms with Crippen molar-refractivity contribution in [2.45, 2.75) is 25.8 Å². The highest BCUT2D eigenvalue weighted by molar-refractivity contribution is 5.96. The van der Waals surface area contributed by atoms with Crippen LogP contribution < -0.4 is 0 Å². The van der Waals surface area contributed by atoms with Gasteiger partial charge in [-0.05, 0) is 13.3 Å². The number of nitrogens with zero attached hydrogens (tertiary/aromatic N) is 2. The topological polar surface area (TPSA) is 49.9 Å². The Morgan fingerprint density at radius 2 is 1.94 bits per heavy atom. The van der Waals surface area contributed by atoms with Crippen LogP contribution in [0.4, 0.5) is 0 Å². The van der Waals surface area contributed by atoms with E-state index in [9.17, 15) is 9.59 Å². The quantitative estimate of drug-likeness (QED) is 0.646. The molecule has 5 heteroatoms. The second-order valence-electron chi connectivity index (χ2n) is 4.81. The molecule has 1 amide bonds. The summed E-state index contributed by atoms with van der Waals surface area (Å²) in [5.41, 5.74) is 0. The number of hydrogen-bond donors (Lipinski definition) is 0. The number of likely N-dealkylation sites (tertiary alicyclic amines) is 1. The molecule has 1 unspecified atom stereocenters. The van der Waals surface area contributed by atoms with Gasteiger partial charge in [0.2, 0.25) is 5.91 Å². The van der Waals surface area contributed by atoms with E-state index in [-0.39, 0.29) is 18.1 Å². The van der Waals surface area contributed by atoms with E-state index in [4.69, 9.17) is 4.74 Å². The Morgan fingerprint density at radius 1 is 1.24 bits per heavy atom. The minimum Gasteiger partial charge on any atom is -0.379 e. The monoisotopic (exact) mass is 240 g/mol. The van der Waals surface area contributed by atoms with E-state index in [0.29, 0.717) is 6.04 Å². The van der Waals surface area contributed by atoms with Crippen LogP contribution in [0.2, 0.25) is 0 Å². The molecule has 0 aromatic rings. The number of Topliss-reactive ketones (excluding diaryl/α,β-unsaturated/α-hetero) is 1. The lowest BCUT2D eigenvalue weighted by molar-refractivity contribution is -0.134. The number of morpholine rings is 1. The molecule has 0 bridgehead atoms. The highest BCUT2D eigenvalue weighted by Gasteiger charge is 2.31. The number of ketones is 1. The fraction of sp³-hybridized carbons (Fsp3) is 0.833. The van der Waals surface area contributed by atoms with Crippen molar-refractivity contribution < 1.29 is 14.3 Å². The van der Waals surface area contributed by atoms with Crippen LogP contribution >= 0.6 is 0 Å².